The number of hydrogen-bond acceptors (Lipinski definition) is 4. The Kier molecular flexibility index (Phi) is 6.15. The molecule has 1 aromatic rings. The zero-order chi connectivity index (χ0) is 20.4. The monoisotopic (exact) mass is 408 g/mol. The van der Waals surface area contributed by atoms with Crippen LogP contribution in [-0.4, -0.2) is 54.6 Å². The van der Waals surface area contributed by atoms with Crippen LogP contribution >= 0.6 is 0 Å². The summed E-state index contributed by atoms with van der Waals surface area (Å²) in [6, 6.07) is 3.55. The van der Waals surface area contributed by atoms with Gasteiger partial charge >= 0.3 is 6.18 Å². The number of carbonyl (C=O) groups is 2. The standard InChI is InChI=1S/C16H19F3N2O5S/c1-10-5-11(9-27(24,25)26)8-21(10)14(22)7-20-15(23)12-3-2-4-13(6-12)16(17,18)19/h2-4,6,10-11H,5,7-9H2,1H3,(H,20,23)(H,24,25,26)/t10-,11-/m1/s1. The van der Waals surface area contributed by atoms with Gasteiger partial charge in [0, 0.05) is 18.2 Å². The van der Waals surface area contributed by atoms with Crippen molar-refractivity contribution in [3.05, 3.63) is 35.4 Å². The Morgan fingerprint density at radius 1 is 1.33 bits per heavy atom. The topological polar surface area (TPSA) is 104 Å². The lowest BCUT2D eigenvalue weighted by Crippen LogP contribution is -2.42. The van der Waals surface area contributed by atoms with Crippen LogP contribution in [-0.2, 0) is 21.1 Å². The van der Waals surface area contributed by atoms with Crippen LogP contribution in [0.2, 0.25) is 0 Å². The van der Waals surface area contributed by atoms with Gasteiger partial charge in [0.2, 0.25) is 5.91 Å². The van der Waals surface area contributed by atoms with E-state index in [2.05, 4.69) is 5.32 Å². The van der Waals surface area contributed by atoms with E-state index >= 15 is 0 Å². The highest BCUT2D eigenvalue weighted by Crippen LogP contribution is 2.29. The van der Waals surface area contributed by atoms with Crippen molar-refractivity contribution >= 4 is 21.9 Å². The van der Waals surface area contributed by atoms with Crippen LogP contribution < -0.4 is 5.32 Å². The highest BCUT2D eigenvalue weighted by molar-refractivity contribution is 7.85. The minimum absolute atomic E-state index is 0.110. The van der Waals surface area contributed by atoms with Gasteiger partial charge in [0.1, 0.15) is 0 Å². The summed E-state index contributed by atoms with van der Waals surface area (Å²) >= 11 is 0. The van der Waals surface area contributed by atoms with E-state index in [1.807, 2.05) is 0 Å². The van der Waals surface area contributed by atoms with Crippen LogP contribution in [0.5, 0.6) is 0 Å². The molecule has 0 saturated carbocycles. The fraction of sp³-hybridized carbons (Fsp3) is 0.500. The van der Waals surface area contributed by atoms with Crippen molar-refractivity contribution in [2.75, 3.05) is 18.8 Å². The predicted octanol–water partition coefficient (Wildman–Crippen LogP) is 1.56. The molecule has 2 N–H and O–H groups in total. The van der Waals surface area contributed by atoms with E-state index in [4.69, 9.17) is 4.55 Å². The second kappa shape index (κ2) is 7.85. The number of carbonyl (C=O) groups excluding carboxylic acids is 2. The summed E-state index contributed by atoms with van der Waals surface area (Å²) in [6.07, 6.45) is -4.20. The Balaban J connectivity index is 1.94. The molecule has 1 saturated heterocycles. The molecule has 0 aromatic heterocycles. The Morgan fingerprint density at radius 3 is 2.59 bits per heavy atom. The van der Waals surface area contributed by atoms with E-state index in [1.54, 1.807) is 6.92 Å². The molecule has 1 aliphatic rings. The quantitative estimate of drug-likeness (QED) is 0.720. The second-order valence-electron chi connectivity index (χ2n) is 6.51. The Bertz CT molecular complexity index is 826. The molecule has 7 nitrogen and oxygen atoms in total. The number of halogens is 3. The van der Waals surface area contributed by atoms with Crippen molar-refractivity contribution in [1.82, 2.24) is 10.2 Å². The van der Waals surface area contributed by atoms with Gasteiger partial charge in [-0.05, 0) is 37.5 Å². The molecule has 1 heterocycles. The molecule has 1 aromatic carbocycles. The smallest absolute Gasteiger partial charge is 0.343 e. The minimum atomic E-state index is -4.58. The van der Waals surface area contributed by atoms with Crippen LogP contribution in [0.15, 0.2) is 24.3 Å². The van der Waals surface area contributed by atoms with E-state index in [0.717, 1.165) is 12.1 Å². The molecule has 0 unspecified atom stereocenters. The number of benzene rings is 1. The summed E-state index contributed by atoms with van der Waals surface area (Å²) in [6.45, 7) is 1.38. The van der Waals surface area contributed by atoms with Gasteiger partial charge in [-0.1, -0.05) is 6.07 Å². The molecule has 150 valence electrons. The normalized spacial score (nSPS) is 20.6. The summed E-state index contributed by atoms with van der Waals surface area (Å²) in [7, 11) is -4.16. The average molecular weight is 408 g/mol. The first-order chi connectivity index (χ1) is 12.4. The van der Waals surface area contributed by atoms with Gasteiger partial charge in [-0.15, -0.1) is 0 Å². The number of likely N-dealkylation sites (tertiary alicyclic amines) is 1. The molecule has 2 rings (SSSR count). The average Bonchev–Trinajstić information content (AvgIpc) is 2.90. The van der Waals surface area contributed by atoms with Gasteiger partial charge < -0.3 is 10.2 Å². The molecule has 2 amide bonds. The fourth-order valence-electron chi connectivity index (χ4n) is 3.10. The third-order valence-electron chi connectivity index (χ3n) is 4.28. The van der Waals surface area contributed by atoms with E-state index in [9.17, 15) is 31.2 Å². The second-order valence-corrected chi connectivity index (χ2v) is 8.00. The molecule has 0 radical (unpaired) electrons. The van der Waals surface area contributed by atoms with Gasteiger partial charge in [-0.2, -0.15) is 21.6 Å². The zero-order valence-corrected chi connectivity index (χ0v) is 15.2. The zero-order valence-electron chi connectivity index (χ0n) is 14.4. The van der Waals surface area contributed by atoms with Crippen LogP contribution in [0.4, 0.5) is 13.2 Å². The van der Waals surface area contributed by atoms with Gasteiger partial charge in [0.25, 0.3) is 16.0 Å². The fourth-order valence-corrected chi connectivity index (χ4v) is 3.94. The summed E-state index contributed by atoms with van der Waals surface area (Å²) in [5.41, 5.74) is -1.20. The molecule has 2 atom stereocenters. The third kappa shape index (κ3) is 5.93. The molecule has 1 aliphatic heterocycles. The Hall–Kier alpha value is -2.14. The molecule has 1 fully saturated rings. The largest absolute Gasteiger partial charge is 0.416 e. The lowest BCUT2D eigenvalue weighted by Gasteiger charge is -2.21. The highest BCUT2D eigenvalue weighted by atomic mass is 32.2. The van der Waals surface area contributed by atoms with Gasteiger partial charge in [-0.3, -0.25) is 14.1 Å². The highest BCUT2D eigenvalue weighted by Gasteiger charge is 2.34. The van der Waals surface area contributed by atoms with E-state index in [0.29, 0.717) is 12.5 Å². The lowest BCUT2D eigenvalue weighted by atomic mass is 10.1. The van der Waals surface area contributed by atoms with Crippen molar-refractivity contribution in [3.63, 3.8) is 0 Å². The molecular formula is C16H19F3N2O5S. The maximum absolute atomic E-state index is 12.7. The number of nitrogens with zero attached hydrogens (tertiary/aromatic N) is 1. The molecule has 0 aliphatic carbocycles. The van der Waals surface area contributed by atoms with Crippen LogP contribution in [0.3, 0.4) is 0 Å². The Morgan fingerprint density at radius 2 is 2.00 bits per heavy atom. The van der Waals surface area contributed by atoms with Gasteiger partial charge in [0.15, 0.2) is 0 Å². The van der Waals surface area contributed by atoms with Crippen molar-refractivity contribution in [1.29, 1.82) is 0 Å². The number of amides is 2. The summed E-state index contributed by atoms with van der Waals surface area (Å²) < 4.78 is 68.9. The molecule has 27 heavy (non-hydrogen) atoms. The van der Waals surface area contributed by atoms with Crippen LogP contribution in [0, 0.1) is 5.92 Å². The lowest BCUT2D eigenvalue weighted by molar-refractivity contribution is -0.137. The molecule has 0 bridgehead atoms. The third-order valence-corrected chi connectivity index (χ3v) is 5.17. The summed E-state index contributed by atoms with van der Waals surface area (Å²) in [5.74, 6) is -2.19. The number of hydrogen-bond donors (Lipinski definition) is 2. The van der Waals surface area contributed by atoms with Crippen molar-refractivity contribution in [2.45, 2.75) is 25.6 Å². The molecular weight excluding hydrogens is 389 g/mol. The first-order valence-corrected chi connectivity index (χ1v) is 9.68. The SMILES string of the molecule is C[C@@H]1C[C@@H](CS(=O)(=O)O)CN1C(=O)CNC(=O)c1cccc(C(F)(F)F)c1. The maximum atomic E-state index is 12.7. The number of rotatable bonds is 5. The van der Waals surface area contributed by atoms with E-state index in [1.165, 1.54) is 11.0 Å². The first kappa shape index (κ1) is 21.2. The number of alkyl halides is 3. The summed E-state index contributed by atoms with van der Waals surface area (Å²) in [5, 5.41) is 2.27. The Labute approximate surface area is 154 Å². The van der Waals surface area contributed by atoms with Gasteiger partial charge in [0.05, 0.1) is 17.9 Å². The first-order valence-electron chi connectivity index (χ1n) is 8.07. The van der Waals surface area contributed by atoms with Crippen molar-refractivity contribution in [3.8, 4) is 0 Å². The van der Waals surface area contributed by atoms with E-state index < -0.39 is 51.9 Å². The van der Waals surface area contributed by atoms with Gasteiger partial charge in [-0.25, -0.2) is 0 Å². The molecule has 0 spiro atoms. The minimum Gasteiger partial charge on any atom is -0.343 e. The molecule has 11 heteroatoms. The maximum Gasteiger partial charge on any atom is 0.416 e. The predicted molar refractivity (Wildman–Crippen MR) is 89.5 cm³/mol. The summed E-state index contributed by atoms with van der Waals surface area (Å²) in [4.78, 5) is 25.6. The number of nitrogens with one attached hydrogen (secondary N) is 1. The van der Waals surface area contributed by atoms with Crippen LogP contribution in [0.1, 0.15) is 29.3 Å². The van der Waals surface area contributed by atoms with E-state index in [-0.39, 0.29) is 18.2 Å². The van der Waals surface area contributed by atoms with Crippen molar-refractivity contribution < 1.29 is 35.7 Å². The van der Waals surface area contributed by atoms with Crippen molar-refractivity contribution in [2.24, 2.45) is 5.92 Å². The van der Waals surface area contributed by atoms with Crippen LogP contribution in [0.25, 0.3) is 0 Å².